The normalized spacial score (nSPS) is 20.0. The number of nitrogens with zero attached hydrogens (tertiary/aromatic N) is 5. The molecule has 1 aromatic heterocycles. The highest BCUT2D eigenvalue weighted by Gasteiger charge is 2.30. The van der Waals surface area contributed by atoms with E-state index in [0.29, 0.717) is 12.5 Å². The Bertz CT molecular complexity index is 511. The van der Waals surface area contributed by atoms with E-state index in [0.717, 1.165) is 44.6 Å². The van der Waals surface area contributed by atoms with Crippen LogP contribution in [-0.4, -0.2) is 71.5 Å². The molecule has 2 fully saturated rings. The Morgan fingerprint density at radius 2 is 1.91 bits per heavy atom. The molecule has 1 aliphatic heterocycles. The van der Waals surface area contributed by atoms with Crippen molar-refractivity contribution in [1.82, 2.24) is 19.8 Å². The smallest absolute Gasteiger partial charge is 0.225 e. The molecule has 0 spiro atoms. The summed E-state index contributed by atoms with van der Waals surface area (Å²) >= 11 is 0. The van der Waals surface area contributed by atoms with E-state index in [2.05, 4.69) is 33.7 Å². The van der Waals surface area contributed by atoms with E-state index >= 15 is 0 Å². The average molecular weight is 317 g/mol. The summed E-state index contributed by atoms with van der Waals surface area (Å²) in [5.74, 6) is 1.88. The molecule has 1 atom stereocenters. The second-order valence-electron chi connectivity index (χ2n) is 6.73. The van der Waals surface area contributed by atoms with Crippen LogP contribution in [0.4, 0.5) is 5.95 Å². The van der Waals surface area contributed by atoms with Crippen molar-refractivity contribution in [3.8, 4) is 0 Å². The van der Waals surface area contributed by atoms with Gasteiger partial charge in [-0.3, -0.25) is 4.79 Å². The van der Waals surface area contributed by atoms with E-state index in [1.807, 2.05) is 11.0 Å². The third-order valence-corrected chi connectivity index (χ3v) is 5.15. The minimum absolute atomic E-state index is 0.272. The van der Waals surface area contributed by atoms with Gasteiger partial charge in [-0.2, -0.15) is 0 Å². The van der Waals surface area contributed by atoms with Gasteiger partial charge in [-0.15, -0.1) is 0 Å². The molecule has 0 radical (unpaired) electrons. The molecule has 23 heavy (non-hydrogen) atoms. The average Bonchev–Trinajstić information content (AvgIpc) is 3.44. The molecule has 0 bridgehead atoms. The second kappa shape index (κ2) is 7.25. The van der Waals surface area contributed by atoms with Crippen LogP contribution in [0.15, 0.2) is 18.5 Å². The highest BCUT2D eigenvalue weighted by atomic mass is 16.2. The summed E-state index contributed by atoms with van der Waals surface area (Å²) in [6, 6.07) is 2.43. The predicted octanol–water partition coefficient (Wildman–Crippen LogP) is 1.25. The van der Waals surface area contributed by atoms with Gasteiger partial charge in [-0.25, -0.2) is 9.97 Å². The molecule has 126 valence electrons. The van der Waals surface area contributed by atoms with Gasteiger partial charge in [0.1, 0.15) is 0 Å². The molecule has 1 saturated heterocycles. The first-order valence-electron chi connectivity index (χ1n) is 8.65. The van der Waals surface area contributed by atoms with Crippen molar-refractivity contribution in [2.24, 2.45) is 5.92 Å². The van der Waals surface area contributed by atoms with E-state index in [-0.39, 0.29) is 5.91 Å². The number of rotatable bonds is 6. The van der Waals surface area contributed by atoms with Crippen LogP contribution in [0.2, 0.25) is 0 Å². The number of hydrogen-bond donors (Lipinski definition) is 0. The topological polar surface area (TPSA) is 52.6 Å². The van der Waals surface area contributed by atoms with Gasteiger partial charge in [0.2, 0.25) is 11.9 Å². The Morgan fingerprint density at radius 3 is 2.52 bits per heavy atom. The number of amides is 1. The van der Waals surface area contributed by atoms with Gasteiger partial charge in [0.15, 0.2) is 0 Å². The van der Waals surface area contributed by atoms with Gasteiger partial charge in [0.05, 0.1) is 0 Å². The fourth-order valence-electron chi connectivity index (χ4n) is 3.18. The van der Waals surface area contributed by atoms with Crippen LogP contribution in [0.5, 0.6) is 0 Å². The summed E-state index contributed by atoms with van der Waals surface area (Å²) in [5, 5.41) is 0. The first kappa shape index (κ1) is 16.2. The molecule has 2 aliphatic rings. The number of carbonyl (C=O) groups excluding carboxylic acids is 1. The third kappa shape index (κ3) is 4.19. The quantitative estimate of drug-likeness (QED) is 0.790. The number of piperazine rings is 1. The fourth-order valence-corrected chi connectivity index (χ4v) is 3.18. The fraction of sp³-hybridized carbons (Fsp3) is 0.706. The van der Waals surface area contributed by atoms with Crippen molar-refractivity contribution in [2.45, 2.75) is 32.2 Å². The first-order chi connectivity index (χ1) is 11.1. The van der Waals surface area contributed by atoms with E-state index in [9.17, 15) is 4.79 Å². The number of aromatic nitrogens is 2. The van der Waals surface area contributed by atoms with Crippen LogP contribution >= 0.6 is 0 Å². The molecule has 0 N–H and O–H groups in total. The zero-order chi connectivity index (χ0) is 16.2. The monoisotopic (exact) mass is 317 g/mol. The molecule has 6 heteroatoms. The molecular weight excluding hydrogens is 290 g/mol. The highest BCUT2D eigenvalue weighted by Crippen LogP contribution is 2.34. The lowest BCUT2D eigenvalue weighted by Gasteiger charge is -2.35. The van der Waals surface area contributed by atoms with Gasteiger partial charge in [-0.1, -0.05) is 0 Å². The Labute approximate surface area is 138 Å². The minimum atomic E-state index is 0.272. The van der Waals surface area contributed by atoms with Crippen molar-refractivity contribution in [2.75, 3.05) is 44.7 Å². The maximum absolute atomic E-state index is 12.4. The molecule has 1 aliphatic carbocycles. The molecule has 0 aromatic carbocycles. The van der Waals surface area contributed by atoms with Gasteiger partial charge >= 0.3 is 0 Å². The maximum atomic E-state index is 12.4. The van der Waals surface area contributed by atoms with Crippen molar-refractivity contribution in [3.63, 3.8) is 0 Å². The standard InChI is InChI=1S/C17H27N5O/c1-14(15-4-5-15)20(2)9-6-16(23)21-10-12-22(13-11-21)17-18-7-3-8-19-17/h3,7-8,14-15H,4-6,9-13H2,1-2H3. The summed E-state index contributed by atoms with van der Waals surface area (Å²) in [7, 11) is 2.14. The molecule has 3 rings (SSSR count). The van der Waals surface area contributed by atoms with Crippen LogP contribution in [0, 0.1) is 5.92 Å². The summed E-state index contributed by atoms with van der Waals surface area (Å²) in [5.41, 5.74) is 0. The summed E-state index contributed by atoms with van der Waals surface area (Å²) in [6.07, 6.45) is 6.84. The molecule has 1 unspecified atom stereocenters. The first-order valence-corrected chi connectivity index (χ1v) is 8.65. The predicted molar refractivity (Wildman–Crippen MR) is 90.3 cm³/mol. The van der Waals surface area contributed by atoms with E-state index in [1.165, 1.54) is 12.8 Å². The number of carbonyl (C=O) groups is 1. The second-order valence-corrected chi connectivity index (χ2v) is 6.73. The molecule has 1 amide bonds. The Morgan fingerprint density at radius 1 is 1.26 bits per heavy atom. The van der Waals surface area contributed by atoms with E-state index < -0.39 is 0 Å². The van der Waals surface area contributed by atoms with Crippen LogP contribution in [-0.2, 0) is 4.79 Å². The van der Waals surface area contributed by atoms with Gasteiger partial charge in [0, 0.05) is 57.6 Å². The molecule has 2 heterocycles. The van der Waals surface area contributed by atoms with E-state index in [4.69, 9.17) is 0 Å². The molecular formula is C17H27N5O. The summed E-state index contributed by atoms with van der Waals surface area (Å²) in [6.45, 7) is 6.28. The summed E-state index contributed by atoms with van der Waals surface area (Å²) < 4.78 is 0. The van der Waals surface area contributed by atoms with Crippen LogP contribution in [0.1, 0.15) is 26.2 Å². The number of hydrogen-bond acceptors (Lipinski definition) is 5. The molecule has 1 aromatic rings. The zero-order valence-corrected chi connectivity index (χ0v) is 14.2. The summed E-state index contributed by atoms with van der Waals surface area (Å²) in [4.78, 5) is 27.4. The SMILES string of the molecule is CC(C1CC1)N(C)CCC(=O)N1CCN(c2ncccn2)CC1. The Hall–Kier alpha value is -1.69. The third-order valence-electron chi connectivity index (χ3n) is 5.15. The molecule has 1 saturated carbocycles. The largest absolute Gasteiger partial charge is 0.339 e. The lowest BCUT2D eigenvalue weighted by Crippen LogP contribution is -2.49. The maximum Gasteiger partial charge on any atom is 0.225 e. The van der Waals surface area contributed by atoms with Crippen LogP contribution < -0.4 is 4.90 Å². The Balaban J connectivity index is 1.41. The zero-order valence-electron chi connectivity index (χ0n) is 14.2. The Kier molecular flexibility index (Phi) is 5.10. The van der Waals surface area contributed by atoms with Crippen molar-refractivity contribution >= 4 is 11.9 Å². The van der Waals surface area contributed by atoms with Gasteiger partial charge < -0.3 is 14.7 Å². The lowest BCUT2D eigenvalue weighted by atomic mass is 10.2. The van der Waals surface area contributed by atoms with Crippen LogP contribution in [0.3, 0.4) is 0 Å². The van der Waals surface area contributed by atoms with Crippen molar-refractivity contribution in [1.29, 1.82) is 0 Å². The van der Waals surface area contributed by atoms with Crippen molar-refractivity contribution in [3.05, 3.63) is 18.5 Å². The van der Waals surface area contributed by atoms with Gasteiger partial charge in [0.25, 0.3) is 0 Å². The minimum Gasteiger partial charge on any atom is -0.339 e. The van der Waals surface area contributed by atoms with E-state index in [1.54, 1.807) is 12.4 Å². The lowest BCUT2D eigenvalue weighted by molar-refractivity contribution is -0.131. The highest BCUT2D eigenvalue weighted by molar-refractivity contribution is 5.76. The number of anilines is 1. The van der Waals surface area contributed by atoms with Gasteiger partial charge in [-0.05, 0) is 38.8 Å². The van der Waals surface area contributed by atoms with Crippen LogP contribution in [0.25, 0.3) is 0 Å². The van der Waals surface area contributed by atoms with Crippen molar-refractivity contribution < 1.29 is 4.79 Å². The molecule has 6 nitrogen and oxygen atoms in total.